The molecule has 0 radical (unpaired) electrons. The number of methoxy groups -OCH3 is 2. The number of hydrogen-bond acceptors (Lipinski definition) is 5. The van der Waals surface area contributed by atoms with Crippen molar-refractivity contribution in [2.75, 3.05) is 20.8 Å². The Morgan fingerprint density at radius 3 is 2.60 bits per heavy atom. The van der Waals surface area contributed by atoms with Gasteiger partial charge in [0.15, 0.2) is 11.5 Å². The summed E-state index contributed by atoms with van der Waals surface area (Å²) in [5, 5.41) is 8.99. The van der Waals surface area contributed by atoms with Gasteiger partial charge in [0.05, 0.1) is 25.3 Å². The molecule has 0 saturated heterocycles. The Bertz CT molecular complexity index is 575. The lowest BCUT2D eigenvalue weighted by atomic mass is 10.1. The lowest BCUT2D eigenvalue weighted by molar-refractivity contribution is -0.137. The van der Waals surface area contributed by atoms with Crippen molar-refractivity contribution in [3.05, 3.63) is 27.7 Å². The molecular formula is C14H14BrNO4. The first kappa shape index (κ1) is 16.1. The minimum Gasteiger partial charge on any atom is -0.493 e. The van der Waals surface area contributed by atoms with E-state index in [0.717, 1.165) is 0 Å². The van der Waals surface area contributed by atoms with Crippen molar-refractivity contribution in [3.63, 3.8) is 0 Å². The summed E-state index contributed by atoms with van der Waals surface area (Å²) in [7, 11) is 3.03. The predicted octanol–water partition coefficient (Wildman–Crippen LogP) is 2.94. The van der Waals surface area contributed by atoms with Gasteiger partial charge in [-0.1, -0.05) is 0 Å². The Hall–Kier alpha value is -2.00. The quantitative estimate of drug-likeness (QED) is 0.468. The van der Waals surface area contributed by atoms with Crippen LogP contribution < -0.4 is 9.47 Å². The standard InChI is InChI=1S/C14H14BrNO4/c1-4-20-14(17)10(8-16)5-9-6-11(15)13(19-3)12(7-9)18-2/h5-7H,4H2,1-3H3. The topological polar surface area (TPSA) is 68.6 Å². The number of carbonyl (C=O) groups is 1. The van der Waals surface area contributed by atoms with Crippen LogP contribution in [0.3, 0.4) is 0 Å². The van der Waals surface area contributed by atoms with E-state index in [-0.39, 0.29) is 12.2 Å². The van der Waals surface area contributed by atoms with Crippen LogP contribution in [-0.2, 0) is 9.53 Å². The summed E-state index contributed by atoms with van der Waals surface area (Å²) < 4.78 is 15.8. The third-order valence-corrected chi connectivity index (χ3v) is 2.97. The van der Waals surface area contributed by atoms with Gasteiger partial charge in [0.1, 0.15) is 11.6 Å². The van der Waals surface area contributed by atoms with Gasteiger partial charge in [-0.25, -0.2) is 4.79 Å². The largest absolute Gasteiger partial charge is 0.493 e. The molecule has 5 nitrogen and oxygen atoms in total. The van der Waals surface area contributed by atoms with Gasteiger partial charge in [0.2, 0.25) is 0 Å². The molecule has 0 fully saturated rings. The summed E-state index contributed by atoms with van der Waals surface area (Å²) in [5.41, 5.74) is 0.546. The highest BCUT2D eigenvalue weighted by Crippen LogP contribution is 2.36. The van der Waals surface area contributed by atoms with E-state index in [0.29, 0.717) is 21.5 Å². The Morgan fingerprint density at radius 2 is 2.10 bits per heavy atom. The third kappa shape index (κ3) is 3.75. The highest BCUT2D eigenvalue weighted by molar-refractivity contribution is 9.10. The Balaban J connectivity index is 3.23. The maximum Gasteiger partial charge on any atom is 0.348 e. The SMILES string of the molecule is CCOC(=O)C(C#N)=Cc1cc(Br)c(OC)c(OC)c1. The van der Waals surface area contributed by atoms with Crippen molar-refractivity contribution >= 4 is 28.0 Å². The van der Waals surface area contributed by atoms with E-state index in [1.54, 1.807) is 19.1 Å². The molecule has 0 atom stereocenters. The Morgan fingerprint density at radius 1 is 1.40 bits per heavy atom. The first-order valence-electron chi connectivity index (χ1n) is 5.77. The van der Waals surface area contributed by atoms with Gasteiger partial charge in [-0.15, -0.1) is 0 Å². The first-order chi connectivity index (χ1) is 9.57. The summed E-state index contributed by atoms with van der Waals surface area (Å²) in [4.78, 5) is 11.6. The number of hydrogen-bond donors (Lipinski definition) is 0. The van der Waals surface area contributed by atoms with Crippen LogP contribution >= 0.6 is 15.9 Å². The van der Waals surface area contributed by atoms with Crippen LogP contribution in [0.4, 0.5) is 0 Å². The summed E-state index contributed by atoms with van der Waals surface area (Å²) in [6.45, 7) is 1.90. The van der Waals surface area contributed by atoms with E-state index in [4.69, 9.17) is 19.5 Å². The molecule has 1 aromatic carbocycles. The summed E-state index contributed by atoms with van der Waals surface area (Å²) in [6.07, 6.45) is 1.44. The van der Waals surface area contributed by atoms with E-state index in [1.807, 2.05) is 6.07 Å². The molecule has 20 heavy (non-hydrogen) atoms. The maximum absolute atomic E-state index is 11.6. The number of rotatable bonds is 5. The second-order valence-corrected chi connectivity index (χ2v) is 4.48. The van der Waals surface area contributed by atoms with Crippen molar-refractivity contribution < 1.29 is 19.0 Å². The lowest BCUT2D eigenvalue weighted by Crippen LogP contribution is -2.06. The zero-order chi connectivity index (χ0) is 15.1. The number of esters is 1. The number of halogens is 1. The zero-order valence-corrected chi connectivity index (χ0v) is 13.0. The number of nitriles is 1. The summed E-state index contributed by atoms with van der Waals surface area (Å²) >= 11 is 3.35. The summed E-state index contributed by atoms with van der Waals surface area (Å²) in [6, 6.07) is 5.21. The lowest BCUT2D eigenvalue weighted by Gasteiger charge is -2.10. The minimum absolute atomic E-state index is 0.0778. The molecule has 0 heterocycles. The number of benzene rings is 1. The maximum atomic E-state index is 11.6. The fourth-order valence-corrected chi connectivity index (χ4v) is 2.16. The van der Waals surface area contributed by atoms with E-state index in [1.165, 1.54) is 20.3 Å². The smallest absolute Gasteiger partial charge is 0.348 e. The fraction of sp³-hybridized carbons (Fsp3) is 0.286. The van der Waals surface area contributed by atoms with E-state index < -0.39 is 5.97 Å². The van der Waals surface area contributed by atoms with Crippen LogP contribution in [0, 0.1) is 11.3 Å². The molecule has 0 amide bonds. The predicted molar refractivity (Wildman–Crippen MR) is 77.5 cm³/mol. The molecule has 0 aliphatic carbocycles. The average molecular weight is 340 g/mol. The van der Waals surface area contributed by atoms with Gasteiger partial charge >= 0.3 is 5.97 Å². The van der Waals surface area contributed by atoms with Crippen molar-refractivity contribution in [2.45, 2.75) is 6.92 Å². The van der Waals surface area contributed by atoms with Crippen molar-refractivity contribution in [1.82, 2.24) is 0 Å². The molecule has 1 aromatic rings. The normalized spacial score (nSPS) is 10.7. The van der Waals surface area contributed by atoms with E-state index >= 15 is 0 Å². The molecule has 0 aliphatic heterocycles. The molecule has 0 unspecified atom stereocenters. The molecule has 0 saturated carbocycles. The molecule has 0 bridgehead atoms. The Labute approximate surface area is 125 Å². The first-order valence-corrected chi connectivity index (χ1v) is 6.57. The van der Waals surface area contributed by atoms with Gasteiger partial charge in [-0.2, -0.15) is 5.26 Å². The Kier molecular flexibility index (Phi) is 6.07. The molecule has 0 aromatic heterocycles. The monoisotopic (exact) mass is 339 g/mol. The molecule has 1 rings (SSSR count). The van der Waals surface area contributed by atoms with Gasteiger partial charge in [0, 0.05) is 0 Å². The van der Waals surface area contributed by atoms with Gasteiger partial charge in [0.25, 0.3) is 0 Å². The molecule has 0 aliphatic rings. The summed E-state index contributed by atoms with van der Waals surface area (Å²) in [5.74, 6) is 0.384. The second-order valence-electron chi connectivity index (χ2n) is 3.63. The number of nitrogens with zero attached hydrogens (tertiary/aromatic N) is 1. The zero-order valence-electron chi connectivity index (χ0n) is 11.4. The molecule has 0 spiro atoms. The van der Waals surface area contributed by atoms with Crippen LogP contribution in [-0.4, -0.2) is 26.8 Å². The number of carbonyl (C=O) groups excluding carboxylic acids is 1. The van der Waals surface area contributed by atoms with Gasteiger partial charge in [-0.3, -0.25) is 0 Å². The van der Waals surface area contributed by atoms with Crippen LogP contribution in [0.25, 0.3) is 6.08 Å². The third-order valence-electron chi connectivity index (χ3n) is 2.38. The minimum atomic E-state index is -0.652. The highest BCUT2D eigenvalue weighted by atomic mass is 79.9. The van der Waals surface area contributed by atoms with Gasteiger partial charge < -0.3 is 14.2 Å². The molecule has 6 heteroatoms. The highest BCUT2D eigenvalue weighted by Gasteiger charge is 2.13. The van der Waals surface area contributed by atoms with Crippen molar-refractivity contribution in [2.24, 2.45) is 0 Å². The van der Waals surface area contributed by atoms with E-state index in [2.05, 4.69) is 15.9 Å². The van der Waals surface area contributed by atoms with Crippen LogP contribution in [0.1, 0.15) is 12.5 Å². The molecular weight excluding hydrogens is 326 g/mol. The fourth-order valence-electron chi connectivity index (χ4n) is 1.53. The van der Waals surface area contributed by atoms with Gasteiger partial charge in [-0.05, 0) is 46.6 Å². The van der Waals surface area contributed by atoms with Crippen LogP contribution in [0.2, 0.25) is 0 Å². The molecule has 0 N–H and O–H groups in total. The van der Waals surface area contributed by atoms with Crippen molar-refractivity contribution in [1.29, 1.82) is 5.26 Å². The molecule has 106 valence electrons. The van der Waals surface area contributed by atoms with Crippen LogP contribution in [0.5, 0.6) is 11.5 Å². The second kappa shape index (κ2) is 7.56. The average Bonchev–Trinajstić information content (AvgIpc) is 2.44. The van der Waals surface area contributed by atoms with Crippen molar-refractivity contribution in [3.8, 4) is 17.6 Å². The van der Waals surface area contributed by atoms with E-state index in [9.17, 15) is 4.79 Å². The van der Waals surface area contributed by atoms with Crippen LogP contribution in [0.15, 0.2) is 22.2 Å². The number of ether oxygens (including phenoxy) is 3.